The van der Waals surface area contributed by atoms with Crippen LogP contribution in [0.5, 0.6) is 5.75 Å². The first-order chi connectivity index (χ1) is 17.5. The van der Waals surface area contributed by atoms with Gasteiger partial charge in [0.05, 0.1) is 18.8 Å². The largest absolute Gasteiger partial charge is 0.493 e. The van der Waals surface area contributed by atoms with Crippen molar-refractivity contribution in [1.82, 2.24) is 0 Å². The van der Waals surface area contributed by atoms with Gasteiger partial charge in [-0.3, -0.25) is 4.79 Å². The summed E-state index contributed by atoms with van der Waals surface area (Å²) in [5, 5.41) is 22.5. The van der Waals surface area contributed by atoms with Gasteiger partial charge in [-0.2, -0.15) is 0 Å². The van der Waals surface area contributed by atoms with Crippen molar-refractivity contribution in [3.8, 4) is 5.75 Å². The number of carbonyl (C=O) groups excluding carboxylic acids is 1. The molecule has 0 aliphatic carbocycles. The summed E-state index contributed by atoms with van der Waals surface area (Å²) in [7, 11) is 0. The maximum Gasteiger partial charge on any atom is 0.338 e. The molecule has 7 heteroatoms. The Bertz CT molecular complexity index is 1000. The molecule has 2 rings (SSSR count). The van der Waals surface area contributed by atoms with Crippen LogP contribution in [-0.4, -0.2) is 41.2 Å². The van der Waals surface area contributed by atoms with Crippen LogP contribution in [0.2, 0.25) is 0 Å². The predicted octanol–water partition coefficient (Wildman–Crippen LogP) is 6.63. The van der Waals surface area contributed by atoms with E-state index in [1.165, 1.54) is 38.5 Å². The smallest absolute Gasteiger partial charge is 0.338 e. The van der Waals surface area contributed by atoms with E-state index in [1.807, 2.05) is 0 Å². The number of hydrogen-bond acceptors (Lipinski definition) is 6. The van der Waals surface area contributed by atoms with Crippen molar-refractivity contribution in [1.29, 1.82) is 0 Å². The first kappa shape index (κ1) is 28.9. The molecule has 0 atom stereocenters. The van der Waals surface area contributed by atoms with Gasteiger partial charge in [0.1, 0.15) is 11.5 Å². The molecule has 2 aromatic rings. The predicted molar refractivity (Wildman–Crippen MR) is 140 cm³/mol. The van der Waals surface area contributed by atoms with Gasteiger partial charge in [-0.25, -0.2) is 4.79 Å². The van der Waals surface area contributed by atoms with Crippen molar-refractivity contribution in [2.24, 2.45) is 5.16 Å². The van der Waals surface area contributed by atoms with Crippen molar-refractivity contribution < 1.29 is 29.4 Å². The molecule has 2 N–H and O–H groups in total. The second kappa shape index (κ2) is 16.3. The minimum atomic E-state index is -0.896. The Balaban J connectivity index is 2.10. The summed E-state index contributed by atoms with van der Waals surface area (Å²) in [6, 6.07) is 12.0. The molecule has 0 amide bonds. The first-order valence-corrected chi connectivity index (χ1v) is 13.0. The standard InChI is InChI=1S/C29H39NO6/c1-3-5-6-7-8-9-10-11-19-36-26-17-15-24(20-22(26)16-18-27(31)32)28(30-34)23-13-12-14-25(21-23)29(33)35-4-2/h12-15,17,20-21,34H,3-11,16,18-19H2,1-2H3,(H,31,32)/b30-28-. The number of carboxylic acids is 1. The number of carbonyl (C=O) groups is 2. The normalized spacial score (nSPS) is 11.3. The molecule has 0 unspecified atom stereocenters. The van der Waals surface area contributed by atoms with Crippen LogP contribution < -0.4 is 4.74 Å². The van der Waals surface area contributed by atoms with E-state index in [4.69, 9.17) is 9.47 Å². The van der Waals surface area contributed by atoms with Crippen molar-refractivity contribution in [2.75, 3.05) is 13.2 Å². The van der Waals surface area contributed by atoms with Crippen LogP contribution in [0.1, 0.15) is 98.7 Å². The summed E-state index contributed by atoms with van der Waals surface area (Å²) in [6.07, 6.45) is 9.88. The summed E-state index contributed by atoms with van der Waals surface area (Å²) >= 11 is 0. The lowest BCUT2D eigenvalue weighted by molar-refractivity contribution is -0.136. The van der Waals surface area contributed by atoms with Gasteiger partial charge in [0.15, 0.2) is 0 Å². The van der Waals surface area contributed by atoms with Gasteiger partial charge in [-0.05, 0) is 55.7 Å². The number of hydrogen-bond donors (Lipinski definition) is 2. The van der Waals surface area contributed by atoms with Gasteiger partial charge in [-0.15, -0.1) is 0 Å². The number of nitrogens with zero attached hydrogens (tertiary/aromatic N) is 1. The van der Waals surface area contributed by atoms with Gasteiger partial charge < -0.3 is 19.8 Å². The van der Waals surface area contributed by atoms with E-state index in [1.54, 1.807) is 49.4 Å². The molecule has 0 fully saturated rings. The van der Waals surface area contributed by atoms with Gasteiger partial charge >= 0.3 is 11.9 Å². The summed E-state index contributed by atoms with van der Waals surface area (Å²) in [4.78, 5) is 23.3. The van der Waals surface area contributed by atoms with Crippen LogP contribution in [0, 0.1) is 0 Å². The van der Waals surface area contributed by atoms with Crippen molar-refractivity contribution >= 4 is 17.7 Å². The highest BCUT2D eigenvalue weighted by Gasteiger charge is 2.15. The Morgan fingerprint density at radius 1 is 0.861 bits per heavy atom. The monoisotopic (exact) mass is 497 g/mol. The van der Waals surface area contributed by atoms with E-state index in [0.29, 0.717) is 29.0 Å². The van der Waals surface area contributed by atoms with Crippen LogP contribution in [0.4, 0.5) is 0 Å². The lowest BCUT2D eigenvalue weighted by atomic mass is 9.97. The quantitative estimate of drug-likeness (QED) is 0.0836. The third-order valence-electron chi connectivity index (χ3n) is 5.94. The zero-order chi connectivity index (χ0) is 26.2. The lowest BCUT2D eigenvalue weighted by Gasteiger charge is -2.14. The number of rotatable bonds is 17. The van der Waals surface area contributed by atoms with Crippen LogP contribution in [-0.2, 0) is 16.0 Å². The highest BCUT2D eigenvalue weighted by atomic mass is 16.5. The highest BCUT2D eigenvalue weighted by molar-refractivity contribution is 6.13. The van der Waals surface area contributed by atoms with Crippen LogP contribution >= 0.6 is 0 Å². The maximum absolute atomic E-state index is 12.1. The Kier molecular flexibility index (Phi) is 13.1. The van der Waals surface area contributed by atoms with Gasteiger partial charge in [0.2, 0.25) is 0 Å². The summed E-state index contributed by atoms with van der Waals surface area (Å²) in [5.41, 5.74) is 2.49. The molecule has 0 aliphatic rings. The molecule has 0 bridgehead atoms. The van der Waals surface area contributed by atoms with E-state index in [0.717, 1.165) is 18.4 Å². The molecule has 36 heavy (non-hydrogen) atoms. The van der Waals surface area contributed by atoms with Crippen LogP contribution in [0.3, 0.4) is 0 Å². The molecule has 0 aromatic heterocycles. The minimum Gasteiger partial charge on any atom is -0.493 e. The molecule has 7 nitrogen and oxygen atoms in total. The van der Waals surface area contributed by atoms with E-state index in [9.17, 15) is 19.9 Å². The number of aliphatic carboxylic acids is 1. The molecule has 2 aromatic carbocycles. The molecular formula is C29H39NO6. The minimum absolute atomic E-state index is 0.0402. The van der Waals surface area contributed by atoms with Gasteiger partial charge in [0.25, 0.3) is 0 Å². The molecule has 0 heterocycles. The van der Waals surface area contributed by atoms with Crippen molar-refractivity contribution in [3.63, 3.8) is 0 Å². The SMILES string of the molecule is CCCCCCCCCCOc1ccc(/C(=N\O)c2cccc(C(=O)OCC)c2)cc1CCC(=O)O. The Hall–Kier alpha value is -3.35. The van der Waals surface area contributed by atoms with E-state index in [-0.39, 0.29) is 25.2 Å². The average Bonchev–Trinajstić information content (AvgIpc) is 2.88. The Labute approximate surface area is 214 Å². The summed E-state index contributed by atoms with van der Waals surface area (Å²) < 4.78 is 11.1. The number of ether oxygens (including phenoxy) is 2. The first-order valence-electron chi connectivity index (χ1n) is 13.0. The third kappa shape index (κ3) is 9.72. The summed E-state index contributed by atoms with van der Waals surface area (Å²) in [5.74, 6) is -0.711. The molecule has 0 spiro atoms. The second-order valence-electron chi connectivity index (χ2n) is 8.79. The number of benzene rings is 2. The Morgan fingerprint density at radius 2 is 1.53 bits per heavy atom. The zero-order valence-electron chi connectivity index (χ0n) is 21.5. The number of esters is 1. The highest BCUT2D eigenvalue weighted by Crippen LogP contribution is 2.25. The maximum atomic E-state index is 12.1. The number of aryl methyl sites for hydroxylation is 1. The van der Waals surface area contributed by atoms with E-state index in [2.05, 4.69) is 12.1 Å². The molecule has 0 saturated heterocycles. The van der Waals surface area contributed by atoms with Crippen LogP contribution in [0.25, 0.3) is 0 Å². The summed E-state index contributed by atoms with van der Waals surface area (Å²) in [6.45, 7) is 4.78. The molecule has 196 valence electrons. The van der Waals surface area contributed by atoms with Gasteiger partial charge in [-0.1, -0.05) is 69.2 Å². The number of carboxylic acid groups (broad SMARTS) is 1. The fourth-order valence-corrected chi connectivity index (χ4v) is 4.01. The fraction of sp³-hybridized carbons (Fsp3) is 0.483. The third-order valence-corrected chi connectivity index (χ3v) is 5.94. The van der Waals surface area contributed by atoms with E-state index < -0.39 is 11.9 Å². The van der Waals surface area contributed by atoms with E-state index >= 15 is 0 Å². The lowest BCUT2D eigenvalue weighted by Crippen LogP contribution is -2.10. The fourth-order valence-electron chi connectivity index (χ4n) is 4.01. The van der Waals surface area contributed by atoms with Crippen molar-refractivity contribution in [2.45, 2.75) is 78.1 Å². The molecule has 0 radical (unpaired) electrons. The van der Waals surface area contributed by atoms with Gasteiger partial charge in [0, 0.05) is 17.5 Å². The van der Waals surface area contributed by atoms with Crippen LogP contribution in [0.15, 0.2) is 47.6 Å². The number of unbranched alkanes of at least 4 members (excludes halogenated alkanes) is 7. The zero-order valence-corrected chi connectivity index (χ0v) is 21.5. The molecular weight excluding hydrogens is 458 g/mol. The second-order valence-corrected chi connectivity index (χ2v) is 8.79. The van der Waals surface area contributed by atoms with Crippen molar-refractivity contribution in [3.05, 3.63) is 64.7 Å². The molecule has 0 saturated carbocycles. The Morgan fingerprint density at radius 3 is 2.19 bits per heavy atom. The molecule has 0 aliphatic heterocycles. The number of oxime groups is 1. The topological polar surface area (TPSA) is 105 Å². The average molecular weight is 498 g/mol.